The number of hydrogen-bond donors (Lipinski definition) is 2. The molecule has 1 heterocycles. The van der Waals surface area contributed by atoms with E-state index in [9.17, 15) is 9.90 Å². The first-order valence-corrected chi connectivity index (χ1v) is 6.92. The topological polar surface area (TPSA) is 52.6 Å². The molecule has 3 fully saturated rings. The molecule has 1 atom stereocenters. The van der Waals surface area contributed by atoms with Gasteiger partial charge in [-0.15, -0.1) is 0 Å². The fourth-order valence-corrected chi connectivity index (χ4v) is 2.92. The van der Waals surface area contributed by atoms with Crippen LogP contribution in [0.3, 0.4) is 0 Å². The second-order valence-corrected chi connectivity index (χ2v) is 5.95. The predicted octanol–water partition coefficient (Wildman–Crippen LogP) is 0.358. The van der Waals surface area contributed by atoms with Crippen molar-refractivity contribution in [2.75, 3.05) is 19.6 Å². The summed E-state index contributed by atoms with van der Waals surface area (Å²) in [5.74, 6) is 1.68. The van der Waals surface area contributed by atoms with Gasteiger partial charge in [0.25, 0.3) is 0 Å². The van der Waals surface area contributed by atoms with Crippen molar-refractivity contribution in [2.45, 2.75) is 44.2 Å². The number of carbonyl (C=O) groups excluding carboxylic acids is 1. The zero-order valence-corrected chi connectivity index (χ0v) is 10.3. The van der Waals surface area contributed by atoms with Crippen LogP contribution in [0.25, 0.3) is 0 Å². The average Bonchev–Trinajstić information content (AvgIpc) is 3.17. The van der Waals surface area contributed by atoms with Crippen LogP contribution in [0.4, 0.5) is 0 Å². The van der Waals surface area contributed by atoms with Gasteiger partial charge in [-0.05, 0) is 43.9 Å². The van der Waals surface area contributed by atoms with E-state index < -0.39 is 0 Å². The van der Waals surface area contributed by atoms with Crippen LogP contribution in [0, 0.1) is 11.8 Å². The Morgan fingerprint density at radius 2 is 1.88 bits per heavy atom. The highest BCUT2D eigenvalue weighted by molar-refractivity contribution is 5.78. The number of amides is 1. The number of aliphatic hydroxyl groups is 1. The molecule has 2 saturated carbocycles. The fourth-order valence-electron chi connectivity index (χ4n) is 2.92. The molecular weight excluding hydrogens is 216 g/mol. The number of rotatable bonds is 5. The minimum Gasteiger partial charge on any atom is -0.392 e. The minimum atomic E-state index is -0.231. The molecule has 96 valence electrons. The normalized spacial score (nSPS) is 29.9. The average molecular weight is 238 g/mol. The summed E-state index contributed by atoms with van der Waals surface area (Å²) < 4.78 is 0. The molecule has 1 aliphatic heterocycles. The first-order chi connectivity index (χ1) is 8.22. The molecular formula is C13H22N2O2. The van der Waals surface area contributed by atoms with Gasteiger partial charge < -0.3 is 10.4 Å². The molecule has 0 bridgehead atoms. The predicted molar refractivity (Wildman–Crippen MR) is 64.4 cm³/mol. The van der Waals surface area contributed by atoms with Crippen LogP contribution in [0.15, 0.2) is 0 Å². The number of nitrogens with one attached hydrogen (secondary N) is 1. The summed E-state index contributed by atoms with van der Waals surface area (Å²) in [6, 6.07) is 0.454. The van der Waals surface area contributed by atoms with Gasteiger partial charge in [0.1, 0.15) is 0 Å². The van der Waals surface area contributed by atoms with Crippen molar-refractivity contribution < 1.29 is 9.90 Å². The van der Waals surface area contributed by atoms with Gasteiger partial charge in [0.2, 0.25) is 5.91 Å². The van der Waals surface area contributed by atoms with Gasteiger partial charge in [-0.2, -0.15) is 0 Å². The van der Waals surface area contributed by atoms with Crippen LogP contribution in [0.5, 0.6) is 0 Å². The van der Waals surface area contributed by atoms with Crippen molar-refractivity contribution in [1.82, 2.24) is 10.2 Å². The third-order valence-electron chi connectivity index (χ3n) is 4.20. The lowest BCUT2D eigenvalue weighted by Crippen LogP contribution is -2.43. The third-order valence-corrected chi connectivity index (χ3v) is 4.20. The van der Waals surface area contributed by atoms with Crippen LogP contribution in [0.2, 0.25) is 0 Å². The maximum Gasteiger partial charge on any atom is 0.234 e. The quantitative estimate of drug-likeness (QED) is 0.727. The van der Waals surface area contributed by atoms with Crippen molar-refractivity contribution >= 4 is 5.91 Å². The number of nitrogens with zero attached hydrogens (tertiary/aromatic N) is 1. The highest BCUT2D eigenvalue weighted by atomic mass is 16.3. The van der Waals surface area contributed by atoms with Crippen molar-refractivity contribution in [3.63, 3.8) is 0 Å². The second kappa shape index (κ2) is 4.58. The van der Waals surface area contributed by atoms with Gasteiger partial charge in [0, 0.05) is 19.1 Å². The van der Waals surface area contributed by atoms with Crippen molar-refractivity contribution in [3.05, 3.63) is 0 Å². The molecule has 0 radical (unpaired) electrons. The molecule has 4 heteroatoms. The van der Waals surface area contributed by atoms with Gasteiger partial charge in [-0.3, -0.25) is 9.69 Å². The van der Waals surface area contributed by atoms with Crippen molar-refractivity contribution in [2.24, 2.45) is 11.8 Å². The Morgan fingerprint density at radius 3 is 2.35 bits per heavy atom. The molecule has 3 rings (SSSR count). The molecule has 2 N–H and O–H groups in total. The number of β-amino-alcohol motifs (C(OH)–C–C–N with tert-alkyl or cyclic N) is 1. The Kier molecular flexibility index (Phi) is 3.09. The molecule has 17 heavy (non-hydrogen) atoms. The lowest BCUT2D eigenvalue weighted by atomic mass is 10.1. The van der Waals surface area contributed by atoms with E-state index in [4.69, 9.17) is 0 Å². The summed E-state index contributed by atoms with van der Waals surface area (Å²) in [6.07, 6.45) is 5.76. The maximum absolute atomic E-state index is 11.9. The van der Waals surface area contributed by atoms with E-state index in [0.29, 0.717) is 19.1 Å². The summed E-state index contributed by atoms with van der Waals surface area (Å²) in [4.78, 5) is 14.0. The SMILES string of the molecule is O=C(CN1CCC(O)C1)NC(C1CC1)C1CC1. The second-order valence-electron chi connectivity index (χ2n) is 5.95. The van der Waals surface area contributed by atoms with Crippen LogP contribution in [-0.2, 0) is 4.79 Å². The highest BCUT2D eigenvalue weighted by Gasteiger charge is 2.42. The zero-order chi connectivity index (χ0) is 11.8. The van der Waals surface area contributed by atoms with E-state index in [1.54, 1.807) is 0 Å². The lowest BCUT2D eigenvalue weighted by molar-refractivity contribution is -0.123. The highest BCUT2D eigenvalue weighted by Crippen LogP contribution is 2.44. The van der Waals surface area contributed by atoms with E-state index in [0.717, 1.165) is 24.8 Å². The van der Waals surface area contributed by atoms with E-state index in [1.165, 1.54) is 25.7 Å². The van der Waals surface area contributed by atoms with Gasteiger partial charge >= 0.3 is 0 Å². The number of hydrogen-bond acceptors (Lipinski definition) is 3. The summed E-state index contributed by atoms with van der Waals surface area (Å²) in [6.45, 7) is 1.98. The molecule has 4 nitrogen and oxygen atoms in total. The van der Waals surface area contributed by atoms with Gasteiger partial charge in [-0.1, -0.05) is 0 Å². The number of likely N-dealkylation sites (tertiary alicyclic amines) is 1. The summed E-state index contributed by atoms with van der Waals surface area (Å²) in [7, 11) is 0. The first kappa shape index (κ1) is 11.5. The zero-order valence-electron chi connectivity index (χ0n) is 10.3. The van der Waals surface area contributed by atoms with E-state index >= 15 is 0 Å². The van der Waals surface area contributed by atoms with Crippen LogP contribution in [-0.4, -0.2) is 47.7 Å². The maximum atomic E-state index is 11.9. The Balaban J connectivity index is 1.45. The minimum absolute atomic E-state index is 0.155. The Hall–Kier alpha value is -0.610. The third kappa shape index (κ3) is 2.99. The molecule has 0 aromatic carbocycles. The Labute approximate surface area is 102 Å². The molecule has 2 aliphatic carbocycles. The molecule has 1 amide bonds. The van der Waals surface area contributed by atoms with E-state index in [1.807, 2.05) is 0 Å². The van der Waals surface area contributed by atoms with Crippen LogP contribution >= 0.6 is 0 Å². The van der Waals surface area contributed by atoms with Gasteiger partial charge in [0.15, 0.2) is 0 Å². The van der Waals surface area contributed by atoms with E-state index in [-0.39, 0.29) is 12.0 Å². The van der Waals surface area contributed by atoms with Crippen LogP contribution < -0.4 is 5.32 Å². The molecule has 0 aromatic heterocycles. The Bertz CT molecular complexity index is 288. The molecule has 3 aliphatic rings. The standard InChI is InChI=1S/C13H22N2O2/c16-11-5-6-15(7-11)8-12(17)14-13(9-1-2-9)10-3-4-10/h9-11,13,16H,1-8H2,(H,14,17). The Morgan fingerprint density at radius 1 is 1.24 bits per heavy atom. The molecule has 0 spiro atoms. The molecule has 1 saturated heterocycles. The van der Waals surface area contributed by atoms with Crippen molar-refractivity contribution in [1.29, 1.82) is 0 Å². The fraction of sp³-hybridized carbons (Fsp3) is 0.923. The van der Waals surface area contributed by atoms with Gasteiger partial charge in [0.05, 0.1) is 12.6 Å². The lowest BCUT2D eigenvalue weighted by Gasteiger charge is -2.20. The first-order valence-electron chi connectivity index (χ1n) is 6.92. The monoisotopic (exact) mass is 238 g/mol. The summed E-state index contributed by atoms with van der Waals surface area (Å²) in [5, 5.41) is 12.6. The largest absolute Gasteiger partial charge is 0.392 e. The van der Waals surface area contributed by atoms with Gasteiger partial charge in [-0.25, -0.2) is 0 Å². The summed E-state index contributed by atoms with van der Waals surface area (Å²) in [5.41, 5.74) is 0. The van der Waals surface area contributed by atoms with E-state index in [2.05, 4.69) is 10.2 Å². The number of aliphatic hydroxyl groups excluding tert-OH is 1. The molecule has 0 aromatic rings. The number of carbonyl (C=O) groups is 1. The van der Waals surface area contributed by atoms with Crippen molar-refractivity contribution in [3.8, 4) is 0 Å². The summed E-state index contributed by atoms with van der Waals surface area (Å²) >= 11 is 0. The smallest absolute Gasteiger partial charge is 0.234 e. The molecule has 1 unspecified atom stereocenters. The van der Waals surface area contributed by atoms with Crippen LogP contribution in [0.1, 0.15) is 32.1 Å².